The summed E-state index contributed by atoms with van der Waals surface area (Å²) < 4.78 is 7.06. The number of anilines is 1. The molecule has 0 fully saturated rings. The van der Waals surface area contributed by atoms with Gasteiger partial charge in [0.2, 0.25) is 5.43 Å². The molecule has 5 rings (SSSR count). The van der Waals surface area contributed by atoms with Crippen LogP contribution in [0.5, 0.6) is 0 Å². The number of pyridine rings is 1. The van der Waals surface area contributed by atoms with Crippen molar-refractivity contribution in [1.82, 2.24) is 9.55 Å². The second-order valence-electron chi connectivity index (χ2n) is 8.47. The van der Waals surface area contributed by atoms with Crippen LogP contribution in [0.1, 0.15) is 28.4 Å². The summed E-state index contributed by atoms with van der Waals surface area (Å²) >= 11 is 14.0. The molecule has 5 aromatic rings. The second-order valence-corrected chi connectivity index (χ2v) is 10.3. The van der Waals surface area contributed by atoms with Crippen molar-refractivity contribution in [2.45, 2.75) is 20.0 Å². The monoisotopic (exact) mass is 563 g/mol. The molecule has 3 aromatic carbocycles. The summed E-state index contributed by atoms with van der Waals surface area (Å²) in [4.78, 5) is 31.2. The van der Waals surface area contributed by atoms with Gasteiger partial charge in [-0.1, -0.05) is 95.2 Å². The van der Waals surface area contributed by atoms with E-state index in [0.29, 0.717) is 33.1 Å². The molecule has 6 nitrogen and oxygen atoms in total. The Morgan fingerprint density at radius 3 is 2.45 bits per heavy atom. The summed E-state index contributed by atoms with van der Waals surface area (Å²) in [5, 5.41) is 4.81. The van der Waals surface area contributed by atoms with Crippen molar-refractivity contribution in [3.8, 4) is 11.1 Å². The van der Waals surface area contributed by atoms with Crippen LogP contribution in [0.15, 0.2) is 83.8 Å². The van der Waals surface area contributed by atoms with E-state index in [1.807, 2.05) is 41.0 Å². The van der Waals surface area contributed by atoms with Gasteiger partial charge in [-0.2, -0.15) is 0 Å². The number of nitrogens with one attached hydrogen (secondary N) is 1. The summed E-state index contributed by atoms with van der Waals surface area (Å²) in [7, 11) is 0. The molecule has 38 heavy (non-hydrogen) atoms. The van der Waals surface area contributed by atoms with Crippen molar-refractivity contribution in [2.75, 3.05) is 11.9 Å². The van der Waals surface area contributed by atoms with Crippen LogP contribution in [0.4, 0.5) is 5.13 Å². The number of carbonyl (C=O) groups is 1. The van der Waals surface area contributed by atoms with E-state index in [0.717, 1.165) is 22.3 Å². The fraction of sp³-hybridized carbons (Fsp3) is 0.138. The molecule has 9 heteroatoms. The minimum atomic E-state index is -0.671. The third kappa shape index (κ3) is 5.31. The maximum atomic E-state index is 13.3. The lowest BCUT2D eigenvalue weighted by Crippen LogP contribution is -2.21. The Morgan fingerprint density at radius 1 is 1.00 bits per heavy atom. The van der Waals surface area contributed by atoms with E-state index < -0.39 is 11.4 Å². The Kier molecular flexibility index (Phi) is 7.79. The largest absolute Gasteiger partial charge is 0.462 e. The van der Waals surface area contributed by atoms with E-state index in [-0.39, 0.29) is 17.7 Å². The highest BCUT2D eigenvalue weighted by Gasteiger charge is 2.21. The van der Waals surface area contributed by atoms with Crippen LogP contribution in [-0.4, -0.2) is 22.1 Å². The van der Waals surface area contributed by atoms with Crippen LogP contribution in [0, 0.1) is 0 Å². The van der Waals surface area contributed by atoms with Crippen molar-refractivity contribution in [2.24, 2.45) is 0 Å². The number of halogens is 2. The van der Waals surface area contributed by atoms with Gasteiger partial charge in [0.1, 0.15) is 15.9 Å². The Balaban J connectivity index is 1.58. The van der Waals surface area contributed by atoms with E-state index in [1.165, 1.54) is 11.3 Å². The molecule has 0 amide bonds. The zero-order valence-electron chi connectivity index (χ0n) is 20.4. The summed E-state index contributed by atoms with van der Waals surface area (Å²) in [6.07, 6.45) is 1.57. The molecule has 0 aliphatic heterocycles. The van der Waals surface area contributed by atoms with Gasteiger partial charge in [-0.15, -0.1) is 0 Å². The molecule has 0 radical (unpaired) electrons. The van der Waals surface area contributed by atoms with Crippen molar-refractivity contribution < 1.29 is 9.53 Å². The minimum absolute atomic E-state index is 0.0532. The van der Waals surface area contributed by atoms with E-state index in [1.54, 1.807) is 31.3 Å². The molecule has 1 N–H and O–H groups in total. The van der Waals surface area contributed by atoms with Gasteiger partial charge in [0.25, 0.3) is 0 Å². The summed E-state index contributed by atoms with van der Waals surface area (Å²) in [6.45, 7) is 2.62. The van der Waals surface area contributed by atoms with Crippen LogP contribution in [0.25, 0.3) is 21.5 Å². The van der Waals surface area contributed by atoms with E-state index in [4.69, 9.17) is 27.9 Å². The van der Waals surface area contributed by atoms with Gasteiger partial charge >= 0.3 is 5.97 Å². The fourth-order valence-corrected chi connectivity index (χ4v) is 5.67. The Morgan fingerprint density at radius 2 is 1.71 bits per heavy atom. The molecule has 0 aliphatic rings. The summed E-state index contributed by atoms with van der Waals surface area (Å²) in [5.74, 6) is -0.671. The average molecular weight is 564 g/mol. The number of benzene rings is 3. The highest BCUT2D eigenvalue weighted by Crippen LogP contribution is 2.30. The lowest BCUT2D eigenvalue weighted by Gasteiger charge is -2.14. The zero-order chi connectivity index (χ0) is 26.6. The number of aromatic nitrogens is 2. The molecule has 0 atom stereocenters. The zero-order valence-corrected chi connectivity index (χ0v) is 22.7. The molecule has 0 bridgehead atoms. The highest BCUT2D eigenvalue weighted by atomic mass is 35.5. The van der Waals surface area contributed by atoms with Gasteiger partial charge in [-0.05, 0) is 35.7 Å². The third-order valence-corrected chi connectivity index (χ3v) is 7.79. The highest BCUT2D eigenvalue weighted by molar-refractivity contribution is 7.21. The fourth-order valence-electron chi connectivity index (χ4n) is 4.21. The van der Waals surface area contributed by atoms with Gasteiger partial charge in [0, 0.05) is 34.9 Å². The van der Waals surface area contributed by atoms with Gasteiger partial charge in [-0.3, -0.25) is 4.79 Å². The first-order chi connectivity index (χ1) is 18.5. The van der Waals surface area contributed by atoms with Crippen LogP contribution in [0.3, 0.4) is 0 Å². The number of hydrogen-bond donors (Lipinski definition) is 1. The molecule has 192 valence electrons. The Labute approximate surface area is 233 Å². The van der Waals surface area contributed by atoms with Gasteiger partial charge in [0.15, 0.2) is 5.13 Å². The van der Waals surface area contributed by atoms with E-state index in [9.17, 15) is 9.59 Å². The quantitative estimate of drug-likeness (QED) is 0.201. The summed E-state index contributed by atoms with van der Waals surface area (Å²) in [5.41, 5.74) is 3.58. The first-order valence-electron chi connectivity index (χ1n) is 12.0. The topological polar surface area (TPSA) is 73.2 Å². The Bertz CT molecular complexity index is 1660. The molecular weight excluding hydrogens is 541 g/mol. The van der Waals surface area contributed by atoms with Crippen molar-refractivity contribution in [3.63, 3.8) is 0 Å². The molecular formula is C29H23Cl2N3O3S. The standard InChI is InChI=1S/C29H23Cl2N3O3S/c1-2-37-28(36)22-17-34(16-19-11-6-7-12-20(19)18-9-4-3-5-10-18)27-25(26(22)35)33-29(38-27)32-15-21-23(30)13-8-14-24(21)31/h3-14,17H,2,15-16H2,1H3,(H,32,33). The van der Waals surface area contributed by atoms with Crippen LogP contribution in [-0.2, 0) is 17.8 Å². The number of nitrogens with zero attached hydrogens (tertiary/aromatic N) is 2. The molecule has 2 aromatic heterocycles. The molecule has 0 spiro atoms. The first-order valence-corrected chi connectivity index (χ1v) is 13.5. The number of fused-ring (bicyclic) bond motifs is 1. The average Bonchev–Trinajstić information content (AvgIpc) is 3.36. The number of esters is 1. The molecule has 0 unspecified atom stereocenters. The van der Waals surface area contributed by atoms with E-state index in [2.05, 4.69) is 28.5 Å². The number of rotatable bonds is 8. The molecule has 0 saturated carbocycles. The van der Waals surface area contributed by atoms with Crippen molar-refractivity contribution in [1.29, 1.82) is 0 Å². The first kappa shape index (κ1) is 26.0. The second kappa shape index (κ2) is 11.4. The number of thiazole rings is 1. The van der Waals surface area contributed by atoms with Gasteiger partial charge < -0.3 is 14.6 Å². The van der Waals surface area contributed by atoms with Crippen molar-refractivity contribution in [3.05, 3.63) is 116 Å². The number of carbonyl (C=O) groups excluding carboxylic acids is 1. The lowest BCUT2D eigenvalue weighted by molar-refractivity contribution is 0.0524. The Hall–Kier alpha value is -3.65. The third-order valence-electron chi connectivity index (χ3n) is 6.03. The van der Waals surface area contributed by atoms with Crippen LogP contribution in [0.2, 0.25) is 10.0 Å². The lowest BCUT2D eigenvalue weighted by atomic mass is 9.99. The predicted octanol–water partition coefficient (Wildman–Crippen LogP) is 7.27. The number of ether oxygens (including phenoxy) is 1. The van der Waals surface area contributed by atoms with Crippen LogP contribution < -0.4 is 10.7 Å². The van der Waals surface area contributed by atoms with E-state index >= 15 is 0 Å². The van der Waals surface area contributed by atoms with Gasteiger partial charge in [-0.25, -0.2) is 9.78 Å². The maximum absolute atomic E-state index is 13.3. The summed E-state index contributed by atoms with van der Waals surface area (Å²) in [6, 6.07) is 23.4. The minimum Gasteiger partial charge on any atom is -0.462 e. The normalized spacial score (nSPS) is 11.0. The molecule has 2 heterocycles. The number of hydrogen-bond acceptors (Lipinski definition) is 6. The van der Waals surface area contributed by atoms with Crippen molar-refractivity contribution >= 4 is 56.0 Å². The maximum Gasteiger partial charge on any atom is 0.343 e. The van der Waals surface area contributed by atoms with Crippen LogP contribution >= 0.6 is 34.5 Å². The smallest absolute Gasteiger partial charge is 0.343 e. The molecule has 0 saturated heterocycles. The predicted molar refractivity (Wildman–Crippen MR) is 155 cm³/mol. The molecule has 0 aliphatic carbocycles. The van der Waals surface area contributed by atoms with Gasteiger partial charge in [0.05, 0.1) is 6.61 Å². The SMILES string of the molecule is CCOC(=O)c1cn(Cc2ccccc2-c2ccccc2)c2sc(NCc3c(Cl)cccc3Cl)nc2c1=O.